The van der Waals surface area contributed by atoms with E-state index in [0.29, 0.717) is 6.10 Å². The molecule has 0 aromatic carbocycles. The Kier molecular flexibility index (Phi) is 13.2. The van der Waals surface area contributed by atoms with E-state index in [0.717, 1.165) is 77.5 Å². The molecule has 0 radical (unpaired) electrons. The molecule has 0 unspecified atom stereocenters. The third-order valence-corrected chi connectivity index (χ3v) is 4.81. The maximum Gasteiger partial charge on any atom is 0.250 e. The summed E-state index contributed by atoms with van der Waals surface area (Å²) in [5.74, 6) is 0.963. The second kappa shape index (κ2) is 14.8. The lowest BCUT2D eigenvalue weighted by Crippen LogP contribution is -2.47. The normalized spacial score (nSPS) is 15.4. The number of ether oxygens (including phenoxy) is 2. The molecular formula is C20H35IN4O3. The Hall–Kier alpha value is -1.13. The molecule has 8 heteroatoms. The van der Waals surface area contributed by atoms with Gasteiger partial charge in [-0.2, -0.15) is 0 Å². The standard InChI is InChI=1S/C20H34N4O3.HI/c1-21-20(22-11-4-6-13-23-12-5-3-8-19(23)25)24-14-9-18(10-15-24)27-17-7-16-26-2;/h3,5,8,12,18H,4,6-7,9-11,13-17H2,1-2H3,(H,21,22);1H. The topological polar surface area (TPSA) is 68.1 Å². The van der Waals surface area contributed by atoms with E-state index >= 15 is 0 Å². The summed E-state index contributed by atoms with van der Waals surface area (Å²) in [6, 6.07) is 5.27. The number of nitrogens with one attached hydrogen (secondary N) is 1. The van der Waals surface area contributed by atoms with Crippen molar-refractivity contribution in [1.29, 1.82) is 0 Å². The first kappa shape index (κ1) is 24.9. The number of aromatic nitrogens is 1. The molecule has 1 aliphatic heterocycles. The van der Waals surface area contributed by atoms with E-state index in [2.05, 4.69) is 15.2 Å². The Morgan fingerprint density at radius 3 is 2.68 bits per heavy atom. The zero-order valence-corrected chi connectivity index (χ0v) is 19.5. The first-order valence-electron chi connectivity index (χ1n) is 9.96. The summed E-state index contributed by atoms with van der Waals surface area (Å²) >= 11 is 0. The van der Waals surface area contributed by atoms with E-state index in [-0.39, 0.29) is 29.5 Å². The number of rotatable bonds is 10. The van der Waals surface area contributed by atoms with Crippen molar-refractivity contribution in [2.24, 2.45) is 4.99 Å². The summed E-state index contributed by atoms with van der Waals surface area (Å²) in [7, 11) is 3.55. The fourth-order valence-electron chi connectivity index (χ4n) is 3.27. The molecule has 0 amide bonds. The van der Waals surface area contributed by atoms with Crippen LogP contribution in [0.3, 0.4) is 0 Å². The number of piperidine rings is 1. The van der Waals surface area contributed by atoms with Crippen LogP contribution in [0.25, 0.3) is 0 Å². The predicted molar refractivity (Wildman–Crippen MR) is 124 cm³/mol. The molecule has 7 nitrogen and oxygen atoms in total. The van der Waals surface area contributed by atoms with Crippen molar-refractivity contribution in [3.8, 4) is 0 Å². The van der Waals surface area contributed by atoms with Crippen molar-refractivity contribution in [1.82, 2.24) is 14.8 Å². The summed E-state index contributed by atoms with van der Waals surface area (Å²) in [5.41, 5.74) is 0.0635. The van der Waals surface area contributed by atoms with Gasteiger partial charge >= 0.3 is 0 Å². The van der Waals surface area contributed by atoms with E-state index in [1.807, 2.05) is 19.3 Å². The molecule has 1 aromatic rings. The van der Waals surface area contributed by atoms with Gasteiger partial charge in [-0.05, 0) is 38.2 Å². The number of aryl methyl sites for hydroxylation is 1. The Morgan fingerprint density at radius 1 is 1.21 bits per heavy atom. The molecule has 160 valence electrons. The minimum Gasteiger partial charge on any atom is -0.385 e. The van der Waals surface area contributed by atoms with Crippen LogP contribution >= 0.6 is 24.0 Å². The van der Waals surface area contributed by atoms with Crippen molar-refractivity contribution in [2.45, 2.75) is 44.8 Å². The summed E-state index contributed by atoms with van der Waals surface area (Å²) < 4.78 is 12.7. The van der Waals surface area contributed by atoms with Crippen LogP contribution in [0, 0.1) is 0 Å². The van der Waals surface area contributed by atoms with Gasteiger partial charge in [0.25, 0.3) is 0 Å². The lowest BCUT2D eigenvalue weighted by atomic mass is 10.1. The second-order valence-electron chi connectivity index (χ2n) is 6.82. The Balaban J connectivity index is 0.00000392. The third-order valence-electron chi connectivity index (χ3n) is 4.81. The molecule has 1 aromatic heterocycles. The smallest absolute Gasteiger partial charge is 0.250 e. The van der Waals surface area contributed by atoms with E-state index in [1.54, 1.807) is 23.8 Å². The van der Waals surface area contributed by atoms with Gasteiger partial charge in [0.15, 0.2) is 5.96 Å². The van der Waals surface area contributed by atoms with Gasteiger partial charge in [0.05, 0.1) is 6.10 Å². The fraction of sp³-hybridized carbons (Fsp3) is 0.700. The number of nitrogens with zero attached hydrogens (tertiary/aromatic N) is 3. The largest absolute Gasteiger partial charge is 0.385 e. The molecular weight excluding hydrogens is 471 g/mol. The monoisotopic (exact) mass is 506 g/mol. The van der Waals surface area contributed by atoms with Gasteiger partial charge in [-0.3, -0.25) is 9.79 Å². The van der Waals surface area contributed by atoms with Crippen LogP contribution in [0.4, 0.5) is 0 Å². The Morgan fingerprint density at radius 2 is 2.00 bits per heavy atom. The molecule has 0 bridgehead atoms. The zero-order chi connectivity index (χ0) is 19.3. The molecule has 2 heterocycles. The van der Waals surface area contributed by atoms with Crippen LogP contribution < -0.4 is 10.9 Å². The van der Waals surface area contributed by atoms with E-state index < -0.39 is 0 Å². The van der Waals surface area contributed by atoms with Crippen molar-refractivity contribution in [2.75, 3.05) is 47.0 Å². The van der Waals surface area contributed by atoms with E-state index in [4.69, 9.17) is 9.47 Å². The quantitative estimate of drug-likeness (QED) is 0.229. The van der Waals surface area contributed by atoms with Gasteiger partial charge < -0.3 is 24.3 Å². The highest BCUT2D eigenvalue weighted by atomic mass is 127. The highest BCUT2D eigenvalue weighted by molar-refractivity contribution is 14.0. The highest BCUT2D eigenvalue weighted by Gasteiger charge is 2.21. The Labute approximate surface area is 185 Å². The number of hydrogen-bond donors (Lipinski definition) is 1. The minimum absolute atomic E-state index is 0. The van der Waals surface area contributed by atoms with Crippen LogP contribution in [0.15, 0.2) is 34.2 Å². The van der Waals surface area contributed by atoms with Gasteiger partial charge in [0, 0.05) is 65.8 Å². The number of pyridine rings is 1. The molecule has 1 N–H and O–H groups in total. The number of guanidine groups is 1. The molecule has 1 saturated heterocycles. The zero-order valence-electron chi connectivity index (χ0n) is 17.1. The number of aliphatic imine (C=N–C) groups is 1. The fourth-order valence-corrected chi connectivity index (χ4v) is 3.27. The van der Waals surface area contributed by atoms with Crippen molar-refractivity contribution >= 4 is 29.9 Å². The van der Waals surface area contributed by atoms with Gasteiger partial charge in [0.1, 0.15) is 0 Å². The SMILES string of the molecule is CN=C(NCCCCn1ccccc1=O)N1CCC(OCCCOC)CC1.I. The van der Waals surface area contributed by atoms with Crippen molar-refractivity contribution < 1.29 is 9.47 Å². The third kappa shape index (κ3) is 8.91. The summed E-state index contributed by atoms with van der Waals surface area (Å²) in [6.45, 7) is 5.08. The number of hydrogen-bond acceptors (Lipinski definition) is 4. The number of methoxy groups -OCH3 is 1. The number of likely N-dealkylation sites (tertiary alicyclic amines) is 1. The molecule has 28 heavy (non-hydrogen) atoms. The van der Waals surface area contributed by atoms with Crippen LogP contribution in [0.2, 0.25) is 0 Å². The highest BCUT2D eigenvalue weighted by Crippen LogP contribution is 2.14. The first-order valence-corrected chi connectivity index (χ1v) is 9.96. The summed E-state index contributed by atoms with van der Waals surface area (Å²) in [5, 5.41) is 3.45. The van der Waals surface area contributed by atoms with Gasteiger partial charge in [0.2, 0.25) is 5.56 Å². The van der Waals surface area contributed by atoms with Gasteiger partial charge in [-0.1, -0.05) is 6.07 Å². The molecule has 0 spiro atoms. The predicted octanol–water partition coefficient (Wildman–Crippen LogP) is 2.34. The van der Waals surface area contributed by atoms with Crippen LogP contribution in [-0.2, 0) is 16.0 Å². The average molecular weight is 506 g/mol. The molecule has 0 aliphatic carbocycles. The summed E-state index contributed by atoms with van der Waals surface area (Å²) in [6.07, 6.45) is 7.17. The summed E-state index contributed by atoms with van der Waals surface area (Å²) in [4.78, 5) is 18.4. The molecule has 0 saturated carbocycles. The van der Waals surface area contributed by atoms with Gasteiger partial charge in [-0.15, -0.1) is 24.0 Å². The Bertz CT molecular complexity index is 615. The van der Waals surface area contributed by atoms with Gasteiger partial charge in [-0.25, -0.2) is 0 Å². The second-order valence-corrected chi connectivity index (χ2v) is 6.82. The average Bonchev–Trinajstić information content (AvgIpc) is 2.70. The van der Waals surface area contributed by atoms with Crippen molar-refractivity contribution in [3.63, 3.8) is 0 Å². The maximum absolute atomic E-state index is 11.7. The maximum atomic E-state index is 11.7. The molecule has 1 fully saturated rings. The number of unbranched alkanes of at least 4 members (excludes halogenated alkanes) is 1. The van der Waals surface area contributed by atoms with Crippen LogP contribution in [-0.4, -0.2) is 68.5 Å². The van der Waals surface area contributed by atoms with E-state index in [1.165, 1.54) is 0 Å². The first-order chi connectivity index (χ1) is 13.2. The minimum atomic E-state index is 0. The van der Waals surface area contributed by atoms with E-state index in [9.17, 15) is 4.79 Å². The van der Waals surface area contributed by atoms with Crippen LogP contribution in [0.1, 0.15) is 32.1 Å². The molecule has 1 aliphatic rings. The van der Waals surface area contributed by atoms with Crippen molar-refractivity contribution in [3.05, 3.63) is 34.7 Å². The van der Waals surface area contributed by atoms with Crippen LogP contribution in [0.5, 0.6) is 0 Å². The lowest BCUT2D eigenvalue weighted by Gasteiger charge is -2.34. The lowest BCUT2D eigenvalue weighted by molar-refractivity contribution is 0.00991. The number of halogens is 1. The molecule has 2 rings (SSSR count). The molecule has 0 atom stereocenters.